The Balaban J connectivity index is 0.00000312. The van der Waals surface area contributed by atoms with Gasteiger partial charge in [0.05, 0.1) is 18.2 Å². The maximum atomic E-state index is 12.1. The molecule has 3 N–H and O–H groups in total. The lowest BCUT2D eigenvalue weighted by atomic mass is 10.2. The lowest BCUT2D eigenvalue weighted by molar-refractivity contribution is -0.118. The van der Waals surface area contributed by atoms with Crippen molar-refractivity contribution in [3.05, 3.63) is 59.1 Å². The number of para-hydroxylation sites is 2. The van der Waals surface area contributed by atoms with Crippen LogP contribution in [-0.2, 0) is 16.1 Å². The number of ether oxygens (including phenoxy) is 2. The van der Waals surface area contributed by atoms with Crippen LogP contribution in [0.5, 0.6) is 5.75 Å². The molecule has 2 aromatic carbocycles. The Morgan fingerprint density at radius 3 is 2.68 bits per heavy atom. The van der Waals surface area contributed by atoms with Gasteiger partial charge in [0.2, 0.25) is 5.91 Å². The van der Waals surface area contributed by atoms with Crippen LogP contribution in [0.4, 0.5) is 5.69 Å². The summed E-state index contributed by atoms with van der Waals surface area (Å²) in [5, 5.41) is 3.49. The molecular formula is C18H22Cl2N2O3. The van der Waals surface area contributed by atoms with E-state index in [4.69, 9.17) is 26.8 Å². The molecule has 0 saturated carbocycles. The summed E-state index contributed by atoms with van der Waals surface area (Å²) in [5.41, 5.74) is 7.10. The van der Waals surface area contributed by atoms with Gasteiger partial charge >= 0.3 is 0 Å². The number of benzene rings is 2. The summed E-state index contributed by atoms with van der Waals surface area (Å²) in [6.07, 6.45) is -0.111. The minimum absolute atomic E-state index is 0. The first-order chi connectivity index (χ1) is 11.6. The summed E-state index contributed by atoms with van der Waals surface area (Å²) in [6, 6.07) is 14.7. The summed E-state index contributed by atoms with van der Waals surface area (Å²) >= 11 is 5.97. The van der Waals surface area contributed by atoms with E-state index < -0.39 is 0 Å². The van der Waals surface area contributed by atoms with Crippen molar-refractivity contribution in [2.24, 2.45) is 5.73 Å². The van der Waals surface area contributed by atoms with Crippen LogP contribution in [0.25, 0.3) is 0 Å². The van der Waals surface area contributed by atoms with E-state index in [1.807, 2.05) is 36.4 Å². The SMILES string of the molecule is COC(CN)CC(=O)Nc1ccccc1OCc1cccc(Cl)c1.Cl. The van der Waals surface area contributed by atoms with Crippen LogP contribution in [0.1, 0.15) is 12.0 Å². The zero-order valence-electron chi connectivity index (χ0n) is 13.9. The van der Waals surface area contributed by atoms with Crippen LogP contribution in [-0.4, -0.2) is 25.7 Å². The molecule has 5 nitrogen and oxygen atoms in total. The summed E-state index contributed by atoms with van der Waals surface area (Å²) in [6.45, 7) is 0.647. The van der Waals surface area contributed by atoms with Gasteiger partial charge in [0.1, 0.15) is 12.4 Å². The van der Waals surface area contributed by atoms with E-state index in [9.17, 15) is 4.79 Å². The number of hydrogen-bond acceptors (Lipinski definition) is 4. The van der Waals surface area contributed by atoms with Crippen molar-refractivity contribution in [3.8, 4) is 5.75 Å². The molecule has 0 saturated heterocycles. The zero-order chi connectivity index (χ0) is 17.4. The Kier molecular flexibility index (Phi) is 9.31. The fraction of sp³-hybridized carbons (Fsp3) is 0.278. The second-order valence-corrected chi connectivity index (χ2v) is 5.70. The number of rotatable bonds is 8. The van der Waals surface area contributed by atoms with Gasteiger partial charge in [-0.2, -0.15) is 0 Å². The molecule has 1 unspecified atom stereocenters. The van der Waals surface area contributed by atoms with Crippen LogP contribution < -0.4 is 15.8 Å². The Hall–Kier alpha value is -1.79. The molecule has 25 heavy (non-hydrogen) atoms. The first-order valence-electron chi connectivity index (χ1n) is 7.61. The predicted molar refractivity (Wildman–Crippen MR) is 103 cm³/mol. The molecule has 1 amide bonds. The highest BCUT2D eigenvalue weighted by Crippen LogP contribution is 2.25. The summed E-state index contributed by atoms with van der Waals surface area (Å²) in [4.78, 5) is 12.1. The third kappa shape index (κ3) is 6.92. The fourth-order valence-electron chi connectivity index (χ4n) is 2.15. The number of carbonyl (C=O) groups is 1. The number of nitrogens with two attached hydrogens (primary N) is 1. The van der Waals surface area contributed by atoms with E-state index in [0.717, 1.165) is 5.56 Å². The van der Waals surface area contributed by atoms with Gasteiger partial charge in [0.15, 0.2) is 0 Å². The standard InChI is InChI=1S/C18H21ClN2O3.ClH/c1-23-15(11-20)10-18(22)21-16-7-2-3-8-17(16)24-12-13-5-4-6-14(19)9-13;/h2-9,15H,10-12,20H2,1H3,(H,21,22);1H. The molecule has 2 aromatic rings. The van der Waals surface area contributed by atoms with Gasteiger partial charge in [-0.1, -0.05) is 35.9 Å². The lowest BCUT2D eigenvalue weighted by Crippen LogP contribution is -2.28. The molecule has 7 heteroatoms. The van der Waals surface area contributed by atoms with Crippen molar-refractivity contribution in [1.29, 1.82) is 0 Å². The van der Waals surface area contributed by atoms with Crippen molar-refractivity contribution in [3.63, 3.8) is 0 Å². The zero-order valence-corrected chi connectivity index (χ0v) is 15.5. The number of nitrogens with one attached hydrogen (secondary N) is 1. The lowest BCUT2D eigenvalue weighted by Gasteiger charge is -2.15. The van der Waals surface area contributed by atoms with E-state index in [-0.39, 0.29) is 37.4 Å². The van der Waals surface area contributed by atoms with Crippen molar-refractivity contribution in [2.45, 2.75) is 19.1 Å². The average molecular weight is 385 g/mol. The minimum atomic E-state index is -0.301. The van der Waals surface area contributed by atoms with Gasteiger partial charge in [0, 0.05) is 18.7 Å². The second kappa shape index (κ2) is 10.9. The van der Waals surface area contributed by atoms with E-state index in [0.29, 0.717) is 23.1 Å². The monoisotopic (exact) mass is 384 g/mol. The first kappa shape index (κ1) is 21.3. The molecule has 0 aromatic heterocycles. The number of methoxy groups -OCH3 is 1. The van der Waals surface area contributed by atoms with Crippen LogP contribution in [0, 0.1) is 0 Å². The number of anilines is 1. The Morgan fingerprint density at radius 1 is 1.24 bits per heavy atom. The van der Waals surface area contributed by atoms with E-state index in [1.165, 1.54) is 7.11 Å². The third-order valence-corrected chi connectivity index (χ3v) is 3.69. The normalized spacial score (nSPS) is 11.3. The van der Waals surface area contributed by atoms with Crippen molar-refractivity contribution < 1.29 is 14.3 Å². The molecule has 2 rings (SSSR count). The quantitative estimate of drug-likeness (QED) is 0.728. The summed E-state index contributed by atoms with van der Waals surface area (Å²) in [7, 11) is 1.53. The molecule has 0 fully saturated rings. The topological polar surface area (TPSA) is 73.6 Å². The number of carbonyl (C=O) groups excluding carboxylic acids is 1. The number of hydrogen-bond donors (Lipinski definition) is 2. The Labute approximate surface area is 158 Å². The molecule has 1 atom stereocenters. The molecule has 0 aliphatic carbocycles. The highest BCUT2D eigenvalue weighted by molar-refractivity contribution is 6.30. The van der Waals surface area contributed by atoms with Crippen molar-refractivity contribution in [2.75, 3.05) is 19.0 Å². The average Bonchev–Trinajstić information content (AvgIpc) is 2.59. The molecule has 0 aliphatic heterocycles. The van der Waals surface area contributed by atoms with Gasteiger partial charge in [0.25, 0.3) is 0 Å². The van der Waals surface area contributed by atoms with Gasteiger partial charge in [-0.25, -0.2) is 0 Å². The molecule has 0 spiro atoms. The van der Waals surface area contributed by atoms with E-state index in [2.05, 4.69) is 5.32 Å². The van der Waals surface area contributed by atoms with Crippen LogP contribution in [0.3, 0.4) is 0 Å². The van der Waals surface area contributed by atoms with Gasteiger partial charge in [-0.05, 0) is 29.8 Å². The van der Waals surface area contributed by atoms with E-state index in [1.54, 1.807) is 12.1 Å². The molecule has 136 valence electrons. The Morgan fingerprint density at radius 2 is 2.00 bits per heavy atom. The van der Waals surface area contributed by atoms with Crippen LogP contribution >= 0.6 is 24.0 Å². The van der Waals surface area contributed by atoms with Gasteiger partial charge < -0.3 is 20.5 Å². The molecule has 0 radical (unpaired) electrons. The molecule has 0 bridgehead atoms. The molecule has 0 aliphatic rings. The largest absolute Gasteiger partial charge is 0.487 e. The van der Waals surface area contributed by atoms with Crippen molar-refractivity contribution >= 4 is 35.6 Å². The molecular weight excluding hydrogens is 363 g/mol. The number of amides is 1. The summed E-state index contributed by atoms with van der Waals surface area (Å²) < 4.78 is 10.9. The smallest absolute Gasteiger partial charge is 0.227 e. The number of halogens is 2. The van der Waals surface area contributed by atoms with Gasteiger partial charge in [-0.15, -0.1) is 12.4 Å². The Bertz CT molecular complexity index is 679. The second-order valence-electron chi connectivity index (χ2n) is 5.26. The van der Waals surface area contributed by atoms with Gasteiger partial charge in [-0.3, -0.25) is 4.79 Å². The first-order valence-corrected chi connectivity index (χ1v) is 7.99. The van der Waals surface area contributed by atoms with Crippen molar-refractivity contribution in [1.82, 2.24) is 0 Å². The minimum Gasteiger partial charge on any atom is -0.487 e. The highest BCUT2D eigenvalue weighted by atomic mass is 35.5. The van der Waals surface area contributed by atoms with Crippen LogP contribution in [0.2, 0.25) is 5.02 Å². The van der Waals surface area contributed by atoms with Crippen LogP contribution in [0.15, 0.2) is 48.5 Å². The maximum Gasteiger partial charge on any atom is 0.227 e. The maximum absolute atomic E-state index is 12.1. The third-order valence-electron chi connectivity index (χ3n) is 3.45. The summed E-state index contributed by atoms with van der Waals surface area (Å²) in [5.74, 6) is 0.415. The molecule has 0 heterocycles. The fourth-order valence-corrected chi connectivity index (χ4v) is 2.37. The predicted octanol–water partition coefficient (Wildman–Crippen LogP) is 3.64. The van der Waals surface area contributed by atoms with E-state index >= 15 is 0 Å². The highest BCUT2D eigenvalue weighted by Gasteiger charge is 2.13.